The lowest BCUT2D eigenvalue weighted by molar-refractivity contribution is -0.122. The fourth-order valence-corrected chi connectivity index (χ4v) is 7.52. The minimum atomic E-state index is -0.250. The molecule has 4 aromatic rings. The third kappa shape index (κ3) is 11.5. The number of fused-ring (bicyclic) bond motifs is 6. The second-order valence-corrected chi connectivity index (χ2v) is 15.5. The summed E-state index contributed by atoms with van der Waals surface area (Å²) in [6, 6.07) is 23.7. The van der Waals surface area contributed by atoms with E-state index in [1.807, 2.05) is 0 Å². The van der Waals surface area contributed by atoms with Crippen molar-refractivity contribution in [2.45, 2.75) is 91.0 Å². The van der Waals surface area contributed by atoms with Crippen molar-refractivity contribution < 1.29 is 14.6 Å². The highest BCUT2D eigenvalue weighted by molar-refractivity contribution is 8.00. The summed E-state index contributed by atoms with van der Waals surface area (Å²) in [5.74, 6) is 2.62. The molecule has 1 unspecified atom stereocenters. The molecule has 0 radical (unpaired) electrons. The first kappa shape index (κ1) is 37.3. The standard InChI is InChI=1S/C38H50N4OS2.CH2O2/c1-6-15-28(2)27-42-24-12-8-7-9-16-29-17-10-11-20-32(29)35-36(30-18-13-19-31(26-30)43-25-23-38(3,4)5)44-37(40-35)41-45-34-22-14-21-33(42)39-34;2-1-3/h10-11,13-14,17-22,26,28H,6-9,12,15-16,23-25,27H2,1-5H3,(H,40,41);1H,(H,2,3). The first-order valence-corrected chi connectivity index (χ1v) is 18.9. The molecular formula is C39H52N4O3S2. The van der Waals surface area contributed by atoms with E-state index in [4.69, 9.17) is 24.6 Å². The zero-order valence-corrected chi connectivity index (χ0v) is 30.8. The fraction of sp³-hybridized carbons (Fsp3) is 0.462. The van der Waals surface area contributed by atoms with Gasteiger partial charge >= 0.3 is 0 Å². The molecule has 0 saturated heterocycles. The van der Waals surface area contributed by atoms with Gasteiger partial charge in [-0.1, -0.05) is 108 Å². The van der Waals surface area contributed by atoms with E-state index in [-0.39, 0.29) is 11.9 Å². The molecule has 0 spiro atoms. The summed E-state index contributed by atoms with van der Waals surface area (Å²) < 4.78 is 9.78. The zero-order chi connectivity index (χ0) is 34.4. The van der Waals surface area contributed by atoms with E-state index in [0.717, 1.165) is 63.8 Å². The van der Waals surface area contributed by atoms with E-state index in [2.05, 4.69) is 111 Å². The number of aromatic nitrogens is 2. The molecule has 1 aliphatic rings. The number of benzene rings is 2. The topological polar surface area (TPSA) is 87.6 Å². The highest BCUT2D eigenvalue weighted by atomic mass is 32.2. The Morgan fingerprint density at radius 3 is 2.58 bits per heavy atom. The largest absolute Gasteiger partial charge is 0.494 e. The molecule has 0 aliphatic carbocycles. The number of aryl methyl sites for hydroxylation is 1. The van der Waals surface area contributed by atoms with Crippen molar-refractivity contribution in [3.63, 3.8) is 0 Å². The molecule has 5 rings (SSSR count). The van der Waals surface area contributed by atoms with Crippen molar-refractivity contribution in [1.29, 1.82) is 0 Å². The van der Waals surface area contributed by atoms with Gasteiger partial charge in [-0.2, -0.15) is 0 Å². The van der Waals surface area contributed by atoms with Crippen molar-refractivity contribution in [3.05, 3.63) is 72.3 Å². The zero-order valence-electron chi connectivity index (χ0n) is 29.2. The molecular weight excluding hydrogens is 637 g/mol. The summed E-state index contributed by atoms with van der Waals surface area (Å²) in [5, 5.41) is 8.72. The van der Waals surface area contributed by atoms with Gasteiger partial charge in [-0.15, -0.1) is 0 Å². The lowest BCUT2D eigenvalue weighted by Gasteiger charge is -2.27. The number of rotatable bonds is 8. The Kier molecular flexibility index (Phi) is 14.6. The molecule has 1 aliphatic heterocycles. The van der Waals surface area contributed by atoms with Gasteiger partial charge in [0.1, 0.15) is 16.6 Å². The van der Waals surface area contributed by atoms with Gasteiger partial charge < -0.3 is 19.5 Å². The maximum absolute atomic E-state index is 8.36. The number of nitrogens with one attached hydrogen (secondary N) is 1. The number of hydrogen-bond donors (Lipinski definition) is 2. The van der Waals surface area contributed by atoms with Crippen molar-refractivity contribution in [2.75, 3.05) is 29.3 Å². The van der Waals surface area contributed by atoms with Gasteiger partial charge in [0.05, 0.1) is 17.2 Å². The van der Waals surface area contributed by atoms with Gasteiger partial charge in [-0.05, 0) is 78.8 Å². The molecule has 2 aromatic heterocycles. The Balaban J connectivity index is 0.00000167. The smallest absolute Gasteiger partial charge is 0.290 e. The van der Waals surface area contributed by atoms with Gasteiger partial charge in [0.2, 0.25) is 0 Å². The van der Waals surface area contributed by atoms with Crippen molar-refractivity contribution in [3.8, 4) is 27.4 Å². The number of thiazole rings is 1. The first-order chi connectivity index (χ1) is 23.2. The number of carbonyl (C=O) groups is 1. The Morgan fingerprint density at radius 1 is 1.02 bits per heavy atom. The molecule has 0 fully saturated rings. The monoisotopic (exact) mass is 688 g/mol. The molecule has 0 amide bonds. The van der Waals surface area contributed by atoms with Crippen LogP contribution in [0.4, 0.5) is 10.9 Å². The van der Waals surface area contributed by atoms with Crippen LogP contribution in [0.25, 0.3) is 21.7 Å². The molecule has 2 aromatic carbocycles. The molecule has 3 heterocycles. The van der Waals surface area contributed by atoms with Crippen molar-refractivity contribution in [1.82, 2.24) is 9.97 Å². The Bertz CT molecular complexity index is 1570. The summed E-state index contributed by atoms with van der Waals surface area (Å²) in [4.78, 5) is 22.3. The van der Waals surface area contributed by atoms with Gasteiger partial charge in [0.25, 0.3) is 6.47 Å². The molecule has 258 valence electrons. The van der Waals surface area contributed by atoms with Crippen LogP contribution < -0.4 is 14.4 Å². The van der Waals surface area contributed by atoms with E-state index in [0.29, 0.717) is 12.5 Å². The molecule has 4 bridgehead atoms. The maximum atomic E-state index is 8.36. The highest BCUT2D eigenvalue weighted by Gasteiger charge is 2.20. The van der Waals surface area contributed by atoms with E-state index >= 15 is 0 Å². The second-order valence-electron chi connectivity index (χ2n) is 13.7. The lowest BCUT2D eigenvalue weighted by Crippen LogP contribution is -2.30. The van der Waals surface area contributed by atoms with Crippen LogP contribution in [0.3, 0.4) is 0 Å². The Labute approximate surface area is 295 Å². The number of pyridine rings is 1. The Hall–Kier alpha value is -3.56. The summed E-state index contributed by atoms with van der Waals surface area (Å²) in [7, 11) is 0. The maximum Gasteiger partial charge on any atom is 0.290 e. The Morgan fingerprint density at radius 2 is 1.79 bits per heavy atom. The number of hydrogen-bond acceptors (Lipinski definition) is 8. The number of ether oxygens (including phenoxy) is 1. The van der Waals surface area contributed by atoms with E-state index < -0.39 is 0 Å². The summed E-state index contributed by atoms with van der Waals surface area (Å²) >= 11 is 3.24. The van der Waals surface area contributed by atoms with Gasteiger partial charge in [0, 0.05) is 30.6 Å². The van der Waals surface area contributed by atoms with E-state index in [1.54, 1.807) is 23.3 Å². The molecule has 9 heteroatoms. The third-order valence-corrected chi connectivity index (χ3v) is 10.2. The highest BCUT2D eigenvalue weighted by Crippen LogP contribution is 2.42. The molecule has 48 heavy (non-hydrogen) atoms. The average molecular weight is 689 g/mol. The normalized spacial score (nSPS) is 14.4. The second kappa shape index (κ2) is 18.8. The average Bonchev–Trinajstić information content (AvgIpc) is 3.49. The quantitative estimate of drug-likeness (QED) is 0.140. The van der Waals surface area contributed by atoms with Crippen LogP contribution in [0.5, 0.6) is 5.75 Å². The molecule has 1 atom stereocenters. The lowest BCUT2D eigenvalue weighted by atomic mass is 9.93. The predicted octanol–water partition coefficient (Wildman–Crippen LogP) is 10.9. The van der Waals surface area contributed by atoms with Crippen molar-refractivity contribution >= 4 is 40.7 Å². The van der Waals surface area contributed by atoms with Crippen LogP contribution in [-0.2, 0) is 11.2 Å². The van der Waals surface area contributed by atoms with E-state index in [9.17, 15) is 0 Å². The summed E-state index contributed by atoms with van der Waals surface area (Å²) in [6.07, 6.45) is 9.33. The predicted molar refractivity (Wildman–Crippen MR) is 203 cm³/mol. The van der Waals surface area contributed by atoms with Gasteiger partial charge in [-0.25, -0.2) is 9.97 Å². The van der Waals surface area contributed by atoms with Crippen molar-refractivity contribution in [2.24, 2.45) is 11.3 Å². The van der Waals surface area contributed by atoms with Crippen LogP contribution >= 0.6 is 23.3 Å². The first-order valence-electron chi connectivity index (χ1n) is 17.3. The summed E-state index contributed by atoms with van der Waals surface area (Å²) in [6.45, 7) is 14.0. The number of carboxylic acid groups (broad SMARTS) is 1. The third-order valence-electron chi connectivity index (χ3n) is 8.33. The van der Waals surface area contributed by atoms with Crippen LogP contribution in [0.15, 0.2) is 71.8 Å². The van der Waals surface area contributed by atoms with Gasteiger partial charge in [0.15, 0.2) is 5.13 Å². The number of anilines is 2. The number of nitrogens with zero attached hydrogens (tertiary/aromatic N) is 3. The van der Waals surface area contributed by atoms with Crippen LogP contribution in [0.1, 0.15) is 85.1 Å². The summed E-state index contributed by atoms with van der Waals surface area (Å²) in [5.41, 5.74) is 5.00. The molecule has 2 N–H and O–H groups in total. The van der Waals surface area contributed by atoms with Crippen LogP contribution in [0.2, 0.25) is 0 Å². The van der Waals surface area contributed by atoms with E-state index in [1.165, 1.54) is 49.7 Å². The fourth-order valence-electron chi connectivity index (χ4n) is 5.88. The SMILES string of the molecule is CCCC(C)CN1CCCCCCc2ccccc2-c2nc(sc2-c2cccc(OCCC(C)(C)C)c2)NSc2cccc1n2.O=CO. The minimum absolute atomic E-state index is 0.239. The van der Waals surface area contributed by atoms with Gasteiger partial charge in [-0.3, -0.25) is 4.79 Å². The minimum Gasteiger partial charge on any atom is -0.494 e. The molecule has 0 saturated carbocycles. The van der Waals surface area contributed by atoms with Crippen LogP contribution in [0, 0.1) is 11.3 Å². The van der Waals surface area contributed by atoms with Crippen LogP contribution in [-0.4, -0.2) is 41.2 Å². The molecule has 7 nitrogen and oxygen atoms in total.